The summed E-state index contributed by atoms with van der Waals surface area (Å²) in [6.45, 7) is 4.36. The van der Waals surface area contributed by atoms with Crippen molar-refractivity contribution >= 4 is 0 Å². The molecule has 3 heterocycles. The molecule has 6 rings (SSSR count). The summed E-state index contributed by atoms with van der Waals surface area (Å²) in [5.41, 5.74) is 2.85. The highest BCUT2D eigenvalue weighted by Crippen LogP contribution is 2.69. The average Bonchev–Trinajstić information content (AvgIpc) is 3.47. The standard InChI is InChI=1S/C27H21F2N5O/c1-4-6-15-14-35-25(31-15)21-12-30-13-22(32-21)27-10-9-17(26(27,2)3)16-11-20(33-34-24(16)27)23-18(28)7-5-8-19(23)29/h1,5,7-8,11-14,17H,6,9-10H2,2-3H3/t17-,27-/m0/s1. The van der Waals surface area contributed by atoms with Crippen molar-refractivity contribution in [2.75, 3.05) is 0 Å². The maximum Gasteiger partial charge on any atom is 0.246 e. The van der Waals surface area contributed by atoms with Gasteiger partial charge in [0.25, 0.3) is 0 Å². The predicted octanol–water partition coefficient (Wildman–Crippen LogP) is 5.25. The minimum atomic E-state index is -0.662. The van der Waals surface area contributed by atoms with Crippen molar-refractivity contribution in [1.82, 2.24) is 25.1 Å². The Morgan fingerprint density at radius 3 is 2.69 bits per heavy atom. The normalized spacial score (nSPS) is 21.6. The third-order valence-corrected chi connectivity index (χ3v) is 7.73. The van der Waals surface area contributed by atoms with Crippen LogP contribution in [-0.2, 0) is 11.8 Å². The van der Waals surface area contributed by atoms with Crippen LogP contribution in [0.1, 0.15) is 55.3 Å². The second-order valence-corrected chi connectivity index (χ2v) is 9.66. The highest BCUT2D eigenvalue weighted by molar-refractivity contribution is 5.64. The number of rotatable bonds is 4. The first kappa shape index (κ1) is 21.5. The molecule has 2 bridgehead atoms. The van der Waals surface area contributed by atoms with Gasteiger partial charge in [-0.25, -0.2) is 18.7 Å². The van der Waals surface area contributed by atoms with Crippen molar-refractivity contribution in [1.29, 1.82) is 0 Å². The molecule has 6 nitrogen and oxygen atoms in total. The Bertz CT molecular complexity index is 1500. The van der Waals surface area contributed by atoms with E-state index in [4.69, 9.17) is 15.8 Å². The molecule has 0 unspecified atom stereocenters. The summed E-state index contributed by atoms with van der Waals surface area (Å²) in [4.78, 5) is 13.8. The zero-order valence-corrected chi connectivity index (χ0v) is 19.2. The third-order valence-electron chi connectivity index (χ3n) is 7.73. The Morgan fingerprint density at radius 1 is 1.11 bits per heavy atom. The average molecular weight is 469 g/mol. The third kappa shape index (κ3) is 2.91. The van der Waals surface area contributed by atoms with E-state index in [0.29, 0.717) is 23.7 Å². The minimum absolute atomic E-state index is 0.135. The van der Waals surface area contributed by atoms with E-state index in [1.54, 1.807) is 18.5 Å². The lowest BCUT2D eigenvalue weighted by atomic mass is 9.66. The van der Waals surface area contributed by atoms with E-state index in [1.807, 2.05) is 0 Å². The molecule has 0 N–H and O–H groups in total. The molecule has 0 spiro atoms. The van der Waals surface area contributed by atoms with Gasteiger partial charge in [0.05, 0.1) is 46.4 Å². The van der Waals surface area contributed by atoms with E-state index in [1.165, 1.54) is 24.5 Å². The molecule has 0 aliphatic heterocycles. The number of terminal acetylenes is 1. The summed E-state index contributed by atoms with van der Waals surface area (Å²) in [6.07, 6.45) is 12.3. The minimum Gasteiger partial charge on any atom is -0.443 e. The maximum absolute atomic E-state index is 14.5. The van der Waals surface area contributed by atoms with Gasteiger partial charge in [-0.1, -0.05) is 19.9 Å². The van der Waals surface area contributed by atoms with E-state index in [2.05, 4.69) is 39.9 Å². The lowest BCUT2D eigenvalue weighted by Crippen LogP contribution is -2.38. The fourth-order valence-electron chi connectivity index (χ4n) is 6.04. The van der Waals surface area contributed by atoms with Crippen molar-refractivity contribution in [3.63, 3.8) is 0 Å². The van der Waals surface area contributed by atoms with Crippen molar-refractivity contribution in [3.8, 4) is 35.2 Å². The summed E-state index contributed by atoms with van der Waals surface area (Å²) in [6, 6.07) is 5.58. The molecule has 1 fully saturated rings. The Hall–Kier alpha value is -3.99. The monoisotopic (exact) mass is 469 g/mol. The topological polar surface area (TPSA) is 77.6 Å². The van der Waals surface area contributed by atoms with Crippen LogP contribution in [0.2, 0.25) is 0 Å². The first-order valence-electron chi connectivity index (χ1n) is 11.4. The first-order chi connectivity index (χ1) is 16.9. The lowest BCUT2D eigenvalue weighted by Gasteiger charge is -2.37. The molecule has 3 aromatic heterocycles. The van der Waals surface area contributed by atoms with Gasteiger partial charge in [0.1, 0.15) is 23.6 Å². The Morgan fingerprint density at radius 2 is 1.91 bits per heavy atom. The van der Waals surface area contributed by atoms with Crippen LogP contribution in [-0.4, -0.2) is 25.1 Å². The maximum atomic E-state index is 14.5. The SMILES string of the molecule is C#CCc1coc(-c2cncc([C@@]34CC[C@@H](c5cc(-c6c(F)cccc6F)nnc53)C4(C)C)n2)n1. The van der Waals surface area contributed by atoms with E-state index >= 15 is 0 Å². The van der Waals surface area contributed by atoms with Gasteiger partial charge in [-0.05, 0) is 47.9 Å². The van der Waals surface area contributed by atoms with Crippen molar-refractivity contribution < 1.29 is 13.2 Å². The fraction of sp³-hybridized carbons (Fsp3) is 0.296. The van der Waals surface area contributed by atoms with Crippen LogP contribution >= 0.6 is 0 Å². The Balaban J connectivity index is 1.49. The van der Waals surface area contributed by atoms with Crippen molar-refractivity contribution in [2.24, 2.45) is 5.41 Å². The zero-order valence-electron chi connectivity index (χ0n) is 19.2. The Labute approximate surface area is 200 Å². The molecular formula is C27H21F2N5O. The molecule has 0 saturated heterocycles. The number of hydrogen-bond acceptors (Lipinski definition) is 6. The molecule has 4 aromatic rings. The van der Waals surface area contributed by atoms with Crippen LogP contribution in [0.25, 0.3) is 22.8 Å². The van der Waals surface area contributed by atoms with Crippen LogP contribution in [0.15, 0.2) is 47.3 Å². The van der Waals surface area contributed by atoms with Gasteiger partial charge in [0.2, 0.25) is 5.89 Å². The molecular weight excluding hydrogens is 448 g/mol. The van der Waals surface area contributed by atoms with Crippen LogP contribution in [0.4, 0.5) is 8.78 Å². The van der Waals surface area contributed by atoms with Crippen molar-refractivity contribution in [2.45, 2.75) is 44.4 Å². The van der Waals surface area contributed by atoms with Crippen LogP contribution in [0.3, 0.4) is 0 Å². The first-order valence-corrected chi connectivity index (χ1v) is 11.4. The van der Waals surface area contributed by atoms with E-state index < -0.39 is 17.0 Å². The number of oxazole rings is 1. The summed E-state index contributed by atoms with van der Waals surface area (Å²) < 4.78 is 34.5. The number of aromatic nitrogens is 5. The van der Waals surface area contributed by atoms with E-state index in [-0.39, 0.29) is 22.6 Å². The Kier molecular flexibility index (Phi) is 4.62. The molecule has 0 radical (unpaired) electrons. The number of benzene rings is 1. The van der Waals surface area contributed by atoms with Crippen molar-refractivity contribution in [3.05, 3.63) is 77.2 Å². The van der Waals surface area contributed by atoms with Gasteiger partial charge in [-0.15, -0.1) is 17.4 Å². The molecule has 1 saturated carbocycles. The molecule has 2 aliphatic rings. The number of fused-ring (bicyclic) bond motifs is 5. The molecule has 2 atom stereocenters. The summed E-state index contributed by atoms with van der Waals surface area (Å²) in [7, 11) is 0. The van der Waals surface area contributed by atoms with Gasteiger partial charge in [-0.2, -0.15) is 5.10 Å². The molecule has 35 heavy (non-hydrogen) atoms. The van der Waals surface area contributed by atoms with Gasteiger partial charge in [0.15, 0.2) is 0 Å². The number of hydrogen-bond donors (Lipinski definition) is 0. The van der Waals surface area contributed by atoms with Gasteiger partial charge in [-0.3, -0.25) is 4.98 Å². The second-order valence-electron chi connectivity index (χ2n) is 9.66. The zero-order chi connectivity index (χ0) is 24.4. The van der Waals surface area contributed by atoms with Gasteiger partial charge >= 0.3 is 0 Å². The summed E-state index contributed by atoms with van der Waals surface area (Å²) in [5.74, 6) is 1.71. The van der Waals surface area contributed by atoms with Gasteiger partial charge in [0, 0.05) is 6.20 Å². The molecule has 174 valence electrons. The largest absolute Gasteiger partial charge is 0.443 e. The van der Waals surface area contributed by atoms with Gasteiger partial charge < -0.3 is 4.42 Å². The number of halogens is 2. The molecule has 1 aromatic carbocycles. The van der Waals surface area contributed by atoms with E-state index in [9.17, 15) is 8.78 Å². The summed E-state index contributed by atoms with van der Waals surface area (Å²) in [5, 5.41) is 8.84. The second kappa shape index (κ2) is 7.51. The smallest absolute Gasteiger partial charge is 0.246 e. The van der Waals surface area contributed by atoms with Crippen LogP contribution in [0.5, 0.6) is 0 Å². The fourth-order valence-corrected chi connectivity index (χ4v) is 6.04. The molecule has 0 amide bonds. The highest BCUT2D eigenvalue weighted by atomic mass is 19.1. The van der Waals surface area contributed by atoms with Crippen LogP contribution < -0.4 is 0 Å². The number of nitrogens with zero attached hydrogens (tertiary/aromatic N) is 5. The molecule has 8 heteroatoms. The quantitative estimate of drug-likeness (QED) is 0.380. The molecule has 2 aliphatic carbocycles. The lowest BCUT2D eigenvalue weighted by molar-refractivity contribution is 0.242. The highest BCUT2D eigenvalue weighted by Gasteiger charge is 2.65. The van der Waals surface area contributed by atoms with Crippen LogP contribution in [0, 0.1) is 29.4 Å². The van der Waals surface area contributed by atoms with E-state index in [0.717, 1.165) is 29.8 Å². The summed E-state index contributed by atoms with van der Waals surface area (Å²) >= 11 is 0. The predicted molar refractivity (Wildman–Crippen MR) is 124 cm³/mol.